The van der Waals surface area contributed by atoms with Crippen LogP contribution in [0.1, 0.15) is 31.9 Å². The van der Waals surface area contributed by atoms with E-state index in [0.29, 0.717) is 13.2 Å². The van der Waals surface area contributed by atoms with Gasteiger partial charge in [0.2, 0.25) is 0 Å². The van der Waals surface area contributed by atoms with Crippen LogP contribution in [0.2, 0.25) is 25.7 Å². The third-order valence-electron chi connectivity index (χ3n) is 6.25. The van der Waals surface area contributed by atoms with E-state index in [1.165, 1.54) is 11.1 Å². The highest BCUT2D eigenvalue weighted by molar-refractivity contribution is 7.53. The maximum atomic E-state index is 13.4. The Morgan fingerprint density at radius 1 is 0.971 bits per heavy atom. The summed E-state index contributed by atoms with van der Waals surface area (Å²) in [6, 6.07) is 21.8. The quantitative estimate of drug-likeness (QED) is 0.231. The Hall–Kier alpha value is -1.27. The molecular formula is C27H45N2O3PSi. The number of hydrogen-bond donors (Lipinski definition) is 1. The second-order valence-corrected chi connectivity index (χ2v) is 18.9. The van der Waals surface area contributed by atoms with Crippen molar-refractivity contribution < 1.29 is 13.6 Å². The summed E-state index contributed by atoms with van der Waals surface area (Å²) in [7, 11) is -4.56. The van der Waals surface area contributed by atoms with Crippen molar-refractivity contribution in [1.82, 2.24) is 4.90 Å². The van der Waals surface area contributed by atoms with Gasteiger partial charge in [-0.25, -0.2) is 0 Å². The van der Waals surface area contributed by atoms with Gasteiger partial charge in [0.25, 0.3) is 0 Å². The lowest BCUT2D eigenvalue weighted by Crippen LogP contribution is -2.51. The van der Waals surface area contributed by atoms with E-state index >= 15 is 0 Å². The van der Waals surface area contributed by atoms with Crippen molar-refractivity contribution in [2.75, 3.05) is 19.8 Å². The molecule has 2 aromatic carbocycles. The first kappa shape index (κ1) is 29.0. The Balaban J connectivity index is 2.30. The van der Waals surface area contributed by atoms with E-state index in [1.54, 1.807) is 6.66 Å². The number of nitrogens with zero attached hydrogens (tertiary/aromatic N) is 1. The van der Waals surface area contributed by atoms with E-state index in [9.17, 15) is 4.57 Å². The van der Waals surface area contributed by atoms with Crippen molar-refractivity contribution in [2.24, 2.45) is 11.1 Å². The number of hydrogen-bond acceptors (Lipinski definition) is 5. The van der Waals surface area contributed by atoms with E-state index in [4.69, 9.17) is 14.8 Å². The van der Waals surface area contributed by atoms with Gasteiger partial charge in [0.15, 0.2) is 0 Å². The first-order valence-electron chi connectivity index (χ1n) is 12.3. The summed E-state index contributed by atoms with van der Waals surface area (Å²) in [6.45, 7) is 17.1. The van der Waals surface area contributed by atoms with Gasteiger partial charge in [-0.05, 0) is 30.6 Å². The molecule has 0 aliphatic carbocycles. The van der Waals surface area contributed by atoms with Crippen molar-refractivity contribution >= 4 is 15.7 Å². The number of nitrogens with two attached hydrogens (primary N) is 1. The molecule has 190 valence electrons. The zero-order valence-corrected chi connectivity index (χ0v) is 24.1. The van der Waals surface area contributed by atoms with Crippen molar-refractivity contribution in [1.29, 1.82) is 0 Å². The van der Waals surface area contributed by atoms with Gasteiger partial charge in [-0.2, -0.15) is 0 Å². The molecule has 0 aliphatic heterocycles. The summed E-state index contributed by atoms with van der Waals surface area (Å²) in [5.41, 5.74) is 8.26. The van der Waals surface area contributed by atoms with Crippen LogP contribution in [0.15, 0.2) is 60.7 Å². The molecule has 2 aromatic rings. The predicted molar refractivity (Wildman–Crippen MR) is 147 cm³/mol. The minimum Gasteiger partial charge on any atom is -0.330 e. The zero-order chi connectivity index (χ0) is 25.4. The Bertz CT molecular complexity index is 862. The molecule has 3 atom stereocenters. The van der Waals surface area contributed by atoms with Gasteiger partial charge in [-0.15, -0.1) is 0 Å². The molecule has 0 saturated heterocycles. The minimum atomic E-state index is -3.26. The molecule has 0 saturated carbocycles. The summed E-state index contributed by atoms with van der Waals surface area (Å²) >= 11 is 0. The van der Waals surface area contributed by atoms with Gasteiger partial charge in [0, 0.05) is 39.3 Å². The van der Waals surface area contributed by atoms with Crippen molar-refractivity contribution in [3.8, 4) is 0 Å². The van der Waals surface area contributed by atoms with Crippen LogP contribution >= 0.6 is 7.60 Å². The van der Waals surface area contributed by atoms with Crippen LogP contribution in [0.5, 0.6) is 0 Å². The first-order valence-corrected chi connectivity index (χ1v) is 18.0. The molecule has 0 bridgehead atoms. The monoisotopic (exact) mass is 504 g/mol. The fourth-order valence-corrected chi connectivity index (χ4v) is 6.17. The van der Waals surface area contributed by atoms with Gasteiger partial charge >= 0.3 is 7.60 Å². The maximum absolute atomic E-state index is 13.4. The van der Waals surface area contributed by atoms with Crippen molar-refractivity contribution in [3.05, 3.63) is 71.8 Å². The third kappa shape index (κ3) is 9.77. The first-order chi connectivity index (χ1) is 15.8. The Labute approximate surface area is 208 Å². The number of rotatable bonds is 14. The summed E-state index contributed by atoms with van der Waals surface area (Å²) in [4.78, 5) is 2.38. The van der Waals surface area contributed by atoms with E-state index in [0.717, 1.165) is 19.1 Å². The highest BCUT2D eigenvalue weighted by atomic mass is 31.2. The smallest absolute Gasteiger partial charge is 0.327 e. The van der Waals surface area contributed by atoms with Gasteiger partial charge in [-0.1, -0.05) is 94.2 Å². The lowest BCUT2D eigenvalue weighted by molar-refractivity contribution is -0.0134. The zero-order valence-electron chi connectivity index (χ0n) is 22.2. The van der Waals surface area contributed by atoms with Crippen LogP contribution in [-0.2, 0) is 26.7 Å². The summed E-state index contributed by atoms with van der Waals surface area (Å²) < 4.78 is 25.6. The average molecular weight is 505 g/mol. The summed E-state index contributed by atoms with van der Waals surface area (Å²) in [6.07, 6.45) is -0.368. The Kier molecular flexibility index (Phi) is 10.7. The highest BCUT2D eigenvalue weighted by Crippen LogP contribution is 2.49. The van der Waals surface area contributed by atoms with Crippen LogP contribution < -0.4 is 5.73 Å². The van der Waals surface area contributed by atoms with Crippen LogP contribution in [0, 0.1) is 5.41 Å². The molecule has 0 spiro atoms. The molecule has 2 N–H and O–H groups in total. The average Bonchev–Trinajstić information content (AvgIpc) is 2.77. The molecule has 0 aliphatic rings. The number of benzene rings is 2. The lowest BCUT2D eigenvalue weighted by atomic mass is 9.82. The van der Waals surface area contributed by atoms with E-state index in [2.05, 4.69) is 93.8 Å². The summed E-state index contributed by atoms with van der Waals surface area (Å²) in [5, 5.41) is 0. The van der Waals surface area contributed by atoms with Crippen molar-refractivity contribution in [2.45, 2.75) is 71.7 Å². The topological polar surface area (TPSA) is 64.8 Å². The highest BCUT2D eigenvalue weighted by Gasteiger charge is 2.40. The standard InChI is InChI=1S/C27H45N2O3PSi/c1-23(26(27(2,3)22-28)32-33(4,30)31-18-19-34(5,6)7)29(20-24-14-10-8-11-15-24)21-25-16-12-9-13-17-25/h8-17,23,26H,18-22,28H2,1-7H3/t23-,26+,33?/m0/s1. The SMILES string of the molecule is C[C@@H]([C@@H](OP(C)(=O)OCC[Si](C)(C)C)C(C)(C)CN)N(Cc1ccccc1)Cc1ccccc1. The van der Waals surface area contributed by atoms with E-state index in [-0.39, 0.29) is 12.1 Å². The second-order valence-electron chi connectivity index (χ2n) is 11.3. The fourth-order valence-electron chi connectivity index (χ4n) is 3.93. The molecule has 0 radical (unpaired) electrons. The molecule has 7 heteroatoms. The fraction of sp³-hybridized carbons (Fsp3) is 0.556. The lowest BCUT2D eigenvalue weighted by Gasteiger charge is -2.43. The van der Waals surface area contributed by atoms with E-state index in [1.807, 2.05) is 12.1 Å². The van der Waals surface area contributed by atoms with Gasteiger partial charge < -0.3 is 14.8 Å². The van der Waals surface area contributed by atoms with Crippen LogP contribution in [-0.4, -0.2) is 44.9 Å². The van der Waals surface area contributed by atoms with Crippen LogP contribution in [0.3, 0.4) is 0 Å². The van der Waals surface area contributed by atoms with Gasteiger partial charge in [-0.3, -0.25) is 9.46 Å². The molecule has 34 heavy (non-hydrogen) atoms. The largest absolute Gasteiger partial charge is 0.330 e. The molecular weight excluding hydrogens is 459 g/mol. The molecule has 0 aromatic heterocycles. The summed E-state index contributed by atoms with van der Waals surface area (Å²) in [5.74, 6) is 0. The Morgan fingerprint density at radius 2 is 1.44 bits per heavy atom. The van der Waals surface area contributed by atoms with E-state index < -0.39 is 21.1 Å². The van der Waals surface area contributed by atoms with Gasteiger partial charge in [0.1, 0.15) is 0 Å². The van der Waals surface area contributed by atoms with Gasteiger partial charge in [0.05, 0.1) is 12.7 Å². The molecule has 0 heterocycles. The third-order valence-corrected chi connectivity index (χ3v) is 9.22. The molecule has 2 rings (SSSR count). The second kappa shape index (κ2) is 12.6. The van der Waals surface area contributed by atoms with Crippen molar-refractivity contribution in [3.63, 3.8) is 0 Å². The Morgan fingerprint density at radius 3 is 1.85 bits per heavy atom. The predicted octanol–water partition coefficient (Wildman–Crippen LogP) is 6.63. The molecule has 0 fully saturated rings. The minimum absolute atomic E-state index is 0.0483. The molecule has 1 unspecified atom stereocenters. The maximum Gasteiger partial charge on any atom is 0.327 e. The molecule has 5 nitrogen and oxygen atoms in total. The van der Waals surface area contributed by atoms with Crippen LogP contribution in [0.4, 0.5) is 0 Å². The molecule has 0 amide bonds. The normalized spacial score (nSPS) is 16.3. The van der Waals surface area contributed by atoms with Crippen LogP contribution in [0.25, 0.3) is 0 Å².